The summed E-state index contributed by atoms with van der Waals surface area (Å²) in [5.74, 6) is 0. The first-order valence-corrected chi connectivity index (χ1v) is 5.69. The number of hydrogen-bond donors (Lipinski definition) is 1. The summed E-state index contributed by atoms with van der Waals surface area (Å²) in [5, 5.41) is 0. The summed E-state index contributed by atoms with van der Waals surface area (Å²) in [6.45, 7) is 5.37. The van der Waals surface area contributed by atoms with Crippen LogP contribution in [0.15, 0.2) is 0 Å². The molecule has 0 amide bonds. The fraction of sp³-hybridized carbons (Fsp3) is 1.00. The van der Waals surface area contributed by atoms with E-state index in [-0.39, 0.29) is 22.4 Å². The molecule has 0 atom stereocenters. The van der Waals surface area contributed by atoms with Gasteiger partial charge in [-0.05, 0) is 12.8 Å². The molecule has 3 nitrogen and oxygen atoms in total. The molecule has 13 heavy (non-hydrogen) atoms. The van der Waals surface area contributed by atoms with Gasteiger partial charge in [-0.3, -0.25) is 0 Å². The van der Waals surface area contributed by atoms with Crippen LogP contribution in [0.1, 0.15) is 39.5 Å². The van der Waals surface area contributed by atoms with Crippen LogP contribution >= 0.6 is 8.60 Å². The van der Waals surface area contributed by atoms with Crippen LogP contribution in [0.3, 0.4) is 0 Å². The van der Waals surface area contributed by atoms with Crippen LogP contribution in [0, 0.1) is 0 Å². The second-order valence-electron chi connectivity index (χ2n) is 2.61. The van der Waals surface area contributed by atoms with Gasteiger partial charge < -0.3 is 13.9 Å². The second kappa shape index (κ2) is 13.1. The summed E-state index contributed by atoms with van der Waals surface area (Å²) in [7, 11) is -1.60. The Morgan fingerprint density at radius 2 is 1.38 bits per heavy atom. The van der Waals surface area contributed by atoms with Crippen molar-refractivity contribution in [2.75, 3.05) is 13.2 Å². The maximum absolute atomic E-state index is 9.12. The molecule has 0 spiro atoms. The van der Waals surface area contributed by atoms with E-state index in [1.807, 2.05) is 0 Å². The van der Waals surface area contributed by atoms with E-state index >= 15 is 0 Å². The van der Waals surface area contributed by atoms with Gasteiger partial charge >= 0.3 is 8.60 Å². The second-order valence-corrected chi connectivity index (χ2v) is 3.60. The summed E-state index contributed by atoms with van der Waals surface area (Å²) in [4.78, 5) is 9.12. The Bertz CT molecular complexity index is 85.5. The summed E-state index contributed by atoms with van der Waals surface area (Å²) in [6, 6.07) is 0. The van der Waals surface area contributed by atoms with E-state index < -0.39 is 8.60 Å². The van der Waals surface area contributed by atoms with Crippen LogP contribution in [0.2, 0.25) is 0 Å². The predicted molar refractivity (Wildman–Crippen MR) is 50.9 cm³/mol. The zero-order valence-electron chi connectivity index (χ0n) is 8.26. The summed E-state index contributed by atoms with van der Waals surface area (Å²) < 4.78 is 10.1. The molecule has 0 aromatic carbocycles. The standard InChI is InChI=1S/C8H19O3P.Ag/c1-3-5-7-10-12(9)11-8-6-4-2;/h9H,3-8H2,1-2H3;. The van der Waals surface area contributed by atoms with Crippen LogP contribution in [0.4, 0.5) is 0 Å². The van der Waals surface area contributed by atoms with Crippen LogP contribution in [0.5, 0.6) is 0 Å². The quantitative estimate of drug-likeness (QED) is 0.426. The van der Waals surface area contributed by atoms with Gasteiger partial charge in [0.2, 0.25) is 0 Å². The summed E-state index contributed by atoms with van der Waals surface area (Å²) >= 11 is 0. The Morgan fingerprint density at radius 3 is 1.69 bits per heavy atom. The van der Waals surface area contributed by atoms with E-state index in [2.05, 4.69) is 13.8 Å². The topological polar surface area (TPSA) is 38.7 Å². The van der Waals surface area contributed by atoms with Gasteiger partial charge in [-0.15, -0.1) is 0 Å². The normalized spacial score (nSPS) is 10.2. The van der Waals surface area contributed by atoms with Crippen molar-refractivity contribution < 1.29 is 36.3 Å². The van der Waals surface area contributed by atoms with Crippen LogP contribution in [-0.2, 0) is 31.4 Å². The minimum absolute atomic E-state index is 0. The van der Waals surface area contributed by atoms with Gasteiger partial charge in [-0.1, -0.05) is 26.7 Å². The van der Waals surface area contributed by atoms with Gasteiger partial charge in [-0.25, -0.2) is 0 Å². The summed E-state index contributed by atoms with van der Waals surface area (Å²) in [6.07, 6.45) is 4.13. The Morgan fingerprint density at radius 1 is 1.00 bits per heavy atom. The largest absolute Gasteiger partial charge is 0.329 e. The molecule has 0 rings (SSSR count). The maximum Gasteiger partial charge on any atom is 0.329 e. The average Bonchev–Trinajstić information content (AvgIpc) is 2.06. The zero-order chi connectivity index (χ0) is 9.23. The number of unbranched alkanes of at least 4 members (excludes halogenated alkanes) is 2. The molecule has 0 aliphatic heterocycles. The van der Waals surface area contributed by atoms with Gasteiger partial charge in [0, 0.05) is 22.4 Å². The molecule has 0 aromatic rings. The minimum atomic E-state index is -1.60. The fourth-order valence-corrected chi connectivity index (χ4v) is 1.26. The van der Waals surface area contributed by atoms with E-state index in [9.17, 15) is 0 Å². The third-order valence-corrected chi connectivity index (χ3v) is 2.21. The molecule has 0 bridgehead atoms. The Balaban J connectivity index is 0. The van der Waals surface area contributed by atoms with Crippen molar-refractivity contribution in [1.29, 1.82) is 0 Å². The van der Waals surface area contributed by atoms with Crippen LogP contribution in [-0.4, -0.2) is 18.1 Å². The van der Waals surface area contributed by atoms with Gasteiger partial charge in [0.25, 0.3) is 0 Å². The number of rotatable bonds is 8. The third-order valence-electron chi connectivity index (χ3n) is 1.40. The van der Waals surface area contributed by atoms with E-state index in [1.165, 1.54) is 0 Å². The van der Waals surface area contributed by atoms with Gasteiger partial charge in [0.1, 0.15) is 0 Å². The number of hydrogen-bond acceptors (Lipinski definition) is 3. The van der Waals surface area contributed by atoms with Crippen molar-refractivity contribution in [3.8, 4) is 0 Å². The molecule has 0 saturated heterocycles. The average molecular weight is 302 g/mol. The molecule has 0 fully saturated rings. The molecule has 5 heteroatoms. The zero-order valence-corrected chi connectivity index (χ0v) is 10.6. The van der Waals surface area contributed by atoms with Gasteiger partial charge in [-0.2, -0.15) is 0 Å². The van der Waals surface area contributed by atoms with Crippen molar-refractivity contribution in [2.24, 2.45) is 0 Å². The van der Waals surface area contributed by atoms with Crippen molar-refractivity contribution >= 4 is 8.60 Å². The molecule has 0 heterocycles. The maximum atomic E-state index is 9.12. The molecule has 0 aromatic heterocycles. The molecular weight excluding hydrogens is 283 g/mol. The molecule has 0 saturated carbocycles. The van der Waals surface area contributed by atoms with Crippen molar-refractivity contribution in [2.45, 2.75) is 39.5 Å². The van der Waals surface area contributed by atoms with Gasteiger partial charge in [0.15, 0.2) is 0 Å². The van der Waals surface area contributed by atoms with E-state index in [0.717, 1.165) is 25.7 Å². The Kier molecular flexibility index (Phi) is 16.5. The van der Waals surface area contributed by atoms with E-state index in [4.69, 9.17) is 13.9 Å². The Labute approximate surface area is 97.7 Å². The van der Waals surface area contributed by atoms with E-state index in [1.54, 1.807) is 0 Å². The molecule has 0 aliphatic rings. The predicted octanol–water partition coefficient (Wildman–Crippen LogP) is 2.84. The first kappa shape index (κ1) is 16.5. The van der Waals surface area contributed by atoms with Crippen LogP contribution < -0.4 is 0 Å². The monoisotopic (exact) mass is 301 g/mol. The first-order chi connectivity index (χ1) is 5.81. The minimum Gasteiger partial charge on any atom is -0.328 e. The smallest absolute Gasteiger partial charge is 0.328 e. The van der Waals surface area contributed by atoms with Crippen molar-refractivity contribution in [1.82, 2.24) is 0 Å². The third kappa shape index (κ3) is 13.1. The molecule has 0 aliphatic carbocycles. The SMILES string of the molecule is CCCCOP(O)OCCCC.[Ag]. The molecule has 0 unspecified atom stereocenters. The van der Waals surface area contributed by atoms with Crippen molar-refractivity contribution in [3.63, 3.8) is 0 Å². The molecule has 85 valence electrons. The molecule has 1 N–H and O–H groups in total. The van der Waals surface area contributed by atoms with Crippen LogP contribution in [0.25, 0.3) is 0 Å². The Hall–Kier alpha value is 1.05. The summed E-state index contributed by atoms with van der Waals surface area (Å²) in [5.41, 5.74) is 0. The van der Waals surface area contributed by atoms with E-state index in [0.29, 0.717) is 13.2 Å². The first-order valence-electron chi connectivity index (χ1n) is 4.56. The molecular formula is C8H19AgO3P. The fourth-order valence-electron chi connectivity index (χ4n) is 0.611. The van der Waals surface area contributed by atoms with Gasteiger partial charge in [0.05, 0.1) is 13.2 Å². The molecule has 1 radical (unpaired) electrons. The van der Waals surface area contributed by atoms with Crippen molar-refractivity contribution in [3.05, 3.63) is 0 Å².